The summed E-state index contributed by atoms with van der Waals surface area (Å²) in [6.45, 7) is 12.6. The summed E-state index contributed by atoms with van der Waals surface area (Å²) in [5.41, 5.74) is 4.29. The van der Waals surface area contributed by atoms with E-state index in [9.17, 15) is 9.59 Å². The fraction of sp³-hybridized carbons (Fsp3) is 0.517. The quantitative estimate of drug-likeness (QED) is 0.664. The molecule has 0 radical (unpaired) electrons. The Hall–Kier alpha value is -2.86. The van der Waals surface area contributed by atoms with Gasteiger partial charge in [-0.2, -0.15) is 0 Å². The van der Waals surface area contributed by atoms with Crippen LogP contribution < -0.4 is 15.5 Å². The lowest BCUT2D eigenvalue weighted by atomic mass is 9.86. The van der Waals surface area contributed by atoms with Crippen LogP contribution in [-0.2, 0) is 10.2 Å². The van der Waals surface area contributed by atoms with Gasteiger partial charge in [0.05, 0.1) is 6.54 Å². The van der Waals surface area contributed by atoms with Crippen LogP contribution in [0.4, 0.5) is 5.69 Å². The fourth-order valence-electron chi connectivity index (χ4n) is 5.22. The topological polar surface area (TPSA) is 64.7 Å². The van der Waals surface area contributed by atoms with Crippen LogP contribution in [-0.4, -0.2) is 61.5 Å². The first-order valence-electron chi connectivity index (χ1n) is 12.9. The standard InChI is InChI=1S/C29H40N4O2/c1-21-7-5-10-26(17-21)32-15-12-25(13-16-32)33-14-11-24(20-33)31-27(34)19-30-28(35)22-8-6-9-23(18-22)29(2,3)4/h5-10,17-18,24-25H,11-16,19-20H2,1-4H3,(H,30,35)(H,31,34)/t24-/m1/s1. The van der Waals surface area contributed by atoms with E-state index in [1.165, 1.54) is 11.3 Å². The Morgan fingerprint density at radius 3 is 2.43 bits per heavy atom. The van der Waals surface area contributed by atoms with Crippen LogP contribution in [0.2, 0.25) is 0 Å². The minimum atomic E-state index is -0.209. The Balaban J connectivity index is 1.20. The fourth-order valence-corrected chi connectivity index (χ4v) is 5.22. The van der Waals surface area contributed by atoms with Crippen LogP contribution in [0.15, 0.2) is 48.5 Å². The molecule has 4 rings (SSSR count). The second-order valence-corrected chi connectivity index (χ2v) is 11.1. The van der Waals surface area contributed by atoms with Crippen LogP contribution >= 0.6 is 0 Å². The van der Waals surface area contributed by atoms with Gasteiger partial charge < -0.3 is 15.5 Å². The normalized spacial score (nSPS) is 19.5. The highest BCUT2D eigenvalue weighted by Gasteiger charge is 2.31. The van der Waals surface area contributed by atoms with Gasteiger partial charge in [-0.05, 0) is 67.0 Å². The number of carbonyl (C=O) groups is 2. The second kappa shape index (κ2) is 10.8. The Morgan fingerprint density at radius 1 is 0.971 bits per heavy atom. The molecule has 0 unspecified atom stereocenters. The average molecular weight is 477 g/mol. The minimum absolute atomic E-state index is 0.00393. The largest absolute Gasteiger partial charge is 0.371 e. The number of amides is 2. The van der Waals surface area contributed by atoms with E-state index in [2.05, 4.69) is 72.4 Å². The summed E-state index contributed by atoms with van der Waals surface area (Å²) in [5, 5.41) is 5.91. The van der Waals surface area contributed by atoms with E-state index < -0.39 is 0 Å². The molecule has 0 bridgehead atoms. The van der Waals surface area contributed by atoms with Gasteiger partial charge in [0.2, 0.25) is 5.91 Å². The Labute approximate surface area is 210 Å². The van der Waals surface area contributed by atoms with Gasteiger partial charge >= 0.3 is 0 Å². The van der Waals surface area contributed by atoms with Gasteiger partial charge in [0.15, 0.2) is 0 Å². The number of nitrogens with zero attached hydrogens (tertiary/aromatic N) is 2. The predicted octanol–water partition coefficient (Wildman–Crippen LogP) is 3.88. The number of anilines is 1. The molecule has 2 fully saturated rings. The molecule has 0 spiro atoms. The maximum Gasteiger partial charge on any atom is 0.251 e. The summed E-state index contributed by atoms with van der Waals surface area (Å²) in [4.78, 5) is 30.1. The van der Waals surface area contributed by atoms with Crippen LogP contribution in [0.25, 0.3) is 0 Å². The van der Waals surface area contributed by atoms with Gasteiger partial charge in [0.25, 0.3) is 5.91 Å². The lowest BCUT2D eigenvalue weighted by Crippen LogP contribution is -2.46. The molecular weight excluding hydrogens is 436 g/mol. The third-order valence-electron chi connectivity index (χ3n) is 7.33. The number of carbonyl (C=O) groups excluding carboxylic acids is 2. The molecular formula is C29H40N4O2. The van der Waals surface area contributed by atoms with Gasteiger partial charge in [0.1, 0.15) is 0 Å². The van der Waals surface area contributed by atoms with E-state index in [-0.39, 0.29) is 29.8 Å². The van der Waals surface area contributed by atoms with Crippen molar-refractivity contribution in [2.75, 3.05) is 37.6 Å². The third-order valence-corrected chi connectivity index (χ3v) is 7.33. The highest BCUT2D eigenvalue weighted by atomic mass is 16.2. The summed E-state index contributed by atoms with van der Waals surface area (Å²) < 4.78 is 0. The molecule has 2 heterocycles. The Kier molecular flexibility index (Phi) is 7.80. The number of likely N-dealkylation sites (tertiary alicyclic amines) is 1. The number of nitrogens with one attached hydrogen (secondary N) is 2. The first kappa shape index (κ1) is 25.2. The lowest BCUT2D eigenvalue weighted by Gasteiger charge is -2.38. The summed E-state index contributed by atoms with van der Waals surface area (Å²) in [7, 11) is 0. The highest BCUT2D eigenvalue weighted by molar-refractivity contribution is 5.96. The predicted molar refractivity (Wildman–Crippen MR) is 142 cm³/mol. The molecule has 0 saturated carbocycles. The van der Waals surface area contributed by atoms with Crippen LogP contribution in [0.3, 0.4) is 0 Å². The number of hydrogen-bond acceptors (Lipinski definition) is 4. The van der Waals surface area contributed by atoms with Crippen molar-refractivity contribution in [1.82, 2.24) is 15.5 Å². The van der Waals surface area contributed by atoms with Gasteiger partial charge in [0, 0.05) is 49.5 Å². The molecule has 2 aromatic carbocycles. The first-order chi connectivity index (χ1) is 16.7. The molecule has 0 aliphatic carbocycles. The van der Waals surface area contributed by atoms with E-state index in [1.807, 2.05) is 18.2 Å². The molecule has 6 heteroatoms. The van der Waals surface area contributed by atoms with Gasteiger partial charge in [-0.3, -0.25) is 14.5 Å². The lowest BCUT2D eigenvalue weighted by molar-refractivity contribution is -0.120. The van der Waals surface area contributed by atoms with Crippen LogP contribution in [0.1, 0.15) is 61.5 Å². The molecule has 6 nitrogen and oxygen atoms in total. The third kappa shape index (κ3) is 6.63. The summed E-state index contributed by atoms with van der Waals surface area (Å²) in [5.74, 6) is -0.328. The number of aryl methyl sites for hydroxylation is 1. The molecule has 2 amide bonds. The van der Waals surface area contributed by atoms with Gasteiger partial charge in [-0.15, -0.1) is 0 Å². The molecule has 188 valence electrons. The van der Waals surface area contributed by atoms with Gasteiger partial charge in [-0.1, -0.05) is 45.0 Å². The molecule has 2 saturated heterocycles. The number of rotatable bonds is 6. The van der Waals surface area contributed by atoms with Crippen molar-refractivity contribution in [2.45, 2.75) is 64.5 Å². The number of benzene rings is 2. The zero-order valence-corrected chi connectivity index (χ0v) is 21.6. The average Bonchev–Trinajstić information content (AvgIpc) is 3.30. The molecule has 2 aliphatic heterocycles. The number of hydrogen-bond donors (Lipinski definition) is 2. The monoisotopic (exact) mass is 476 g/mol. The van der Waals surface area contributed by atoms with E-state index in [0.717, 1.165) is 51.0 Å². The summed E-state index contributed by atoms with van der Waals surface area (Å²) in [6, 6.07) is 17.1. The molecule has 2 aromatic rings. The van der Waals surface area contributed by atoms with E-state index in [4.69, 9.17) is 0 Å². The second-order valence-electron chi connectivity index (χ2n) is 11.1. The Morgan fingerprint density at radius 2 is 1.71 bits per heavy atom. The molecule has 2 N–H and O–H groups in total. The molecule has 35 heavy (non-hydrogen) atoms. The maximum atomic E-state index is 12.6. The SMILES string of the molecule is Cc1cccc(N2CCC(N3CC[C@@H](NC(=O)CNC(=O)c4cccc(C(C)(C)C)c4)C3)CC2)c1. The smallest absolute Gasteiger partial charge is 0.251 e. The van der Waals surface area contributed by atoms with Crippen molar-refractivity contribution < 1.29 is 9.59 Å². The molecule has 0 aromatic heterocycles. The van der Waals surface area contributed by atoms with E-state index in [1.54, 1.807) is 6.07 Å². The van der Waals surface area contributed by atoms with Crippen LogP contribution in [0, 0.1) is 6.92 Å². The summed E-state index contributed by atoms with van der Waals surface area (Å²) in [6.07, 6.45) is 3.27. The number of piperidine rings is 1. The molecule has 2 aliphatic rings. The van der Waals surface area contributed by atoms with Crippen molar-refractivity contribution >= 4 is 17.5 Å². The van der Waals surface area contributed by atoms with Crippen molar-refractivity contribution in [1.29, 1.82) is 0 Å². The highest BCUT2D eigenvalue weighted by Crippen LogP contribution is 2.26. The van der Waals surface area contributed by atoms with Gasteiger partial charge in [-0.25, -0.2) is 0 Å². The van der Waals surface area contributed by atoms with Crippen LogP contribution in [0.5, 0.6) is 0 Å². The van der Waals surface area contributed by atoms with E-state index >= 15 is 0 Å². The van der Waals surface area contributed by atoms with Crippen molar-refractivity contribution in [3.05, 3.63) is 65.2 Å². The first-order valence-corrected chi connectivity index (χ1v) is 12.9. The van der Waals surface area contributed by atoms with E-state index in [0.29, 0.717) is 11.6 Å². The molecule has 1 atom stereocenters. The maximum absolute atomic E-state index is 12.6. The zero-order chi connectivity index (χ0) is 25.0. The summed E-state index contributed by atoms with van der Waals surface area (Å²) >= 11 is 0. The minimum Gasteiger partial charge on any atom is -0.371 e. The van der Waals surface area contributed by atoms with Crippen molar-refractivity contribution in [3.8, 4) is 0 Å². The Bertz CT molecular complexity index is 1040. The zero-order valence-electron chi connectivity index (χ0n) is 21.6. The van der Waals surface area contributed by atoms with Crippen molar-refractivity contribution in [2.24, 2.45) is 0 Å². The van der Waals surface area contributed by atoms with Crippen molar-refractivity contribution in [3.63, 3.8) is 0 Å².